The Morgan fingerprint density at radius 3 is 2.52 bits per heavy atom. The highest BCUT2D eigenvalue weighted by molar-refractivity contribution is 5.92. The molecular formula is C29H29F2N5O8. The van der Waals surface area contributed by atoms with E-state index >= 15 is 8.78 Å². The number of anilines is 2. The fourth-order valence-corrected chi connectivity index (χ4v) is 5.51. The highest BCUT2D eigenvalue weighted by atomic mass is 19.1. The number of nitrogens with one attached hydrogen (secondary N) is 1. The number of carboxylic acids is 1. The molecule has 13 nitrogen and oxygen atoms in total. The first kappa shape index (κ1) is 29.3. The molecule has 2 saturated heterocycles. The summed E-state index contributed by atoms with van der Waals surface area (Å²) in [6.07, 6.45) is 0.209. The van der Waals surface area contributed by atoms with Crippen LogP contribution < -0.4 is 25.3 Å². The predicted molar refractivity (Wildman–Crippen MR) is 151 cm³/mol. The first-order chi connectivity index (χ1) is 21.0. The van der Waals surface area contributed by atoms with Crippen LogP contribution in [-0.4, -0.2) is 84.2 Å². The van der Waals surface area contributed by atoms with Gasteiger partial charge in [0.25, 0.3) is 0 Å². The average Bonchev–Trinajstić information content (AvgIpc) is 3.64. The lowest BCUT2D eigenvalue weighted by atomic mass is 10.2. The Hall–Kier alpha value is -4.79. The van der Waals surface area contributed by atoms with Crippen molar-refractivity contribution in [1.29, 1.82) is 0 Å². The second-order valence-corrected chi connectivity index (χ2v) is 11.0. The zero-order valence-electron chi connectivity index (χ0n) is 23.8. The van der Waals surface area contributed by atoms with Gasteiger partial charge in [0.15, 0.2) is 23.2 Å². The molecule has 3 aliphatic rings. The molecule has 3 aromatic rings. The predicted octanol–water partition coefficient (Wildman–Crippen LogP) is 2.45. The smallest absolute Gasteiger partial charge is 0.414 e. The van der Waals surface area contributed by atoms with Crippen LogP contribution in [0.4, 0.5) is 25.1 Å². The van der Waals surface area contributed by atoms with E-state index in [1.54, 1.807) is 9.47 Å². The SMILES string of the molecule is COC1CN(c2nc3c(cc2F)c(=O)c(C(=O)O)cn3C2CC2)CC1Oc1ccc(N2CC(CNC(C)=O)OC2=O)cc1F. The van der Waals surface area contributed by atoms with Crippen LogP contribution in [0.3, 0.4) is 0 Å². The first-order valence-electron chi connectivity index (χ1n) is 14.0. The highest BCUT2D eigenvalue weighted by Gasteiger charge is 2.38. The van der Waals surface area contributed by atoms with Gasteiger partial charge in [-0.05, 0) is 31.0 Å². The van der Waals surface area contributed by atoms with Gasteiger partial charge in [0.2, 0.25) is 11.3 Å². The molecule has 2 aromatic heterocycles. The van der Waals surface area contributed by atoms with E-state index in [0.29, 0.717) is 0 Å². The lowest BCUT2D eigenvalue weighted by Crippen LogP contribution is -2.33. The molecule has 2 amide bonds. The van der Waals surface area contributed by atoms with Gasteiger partial charge in [-0.15, -0.1) is 0 Å². The van der Waals surface area contributed by atoms with E-state index in [0.717, 1.165) is 25.0 Å². The monoisotopic (exact) mass is 613 g/mol. The van der Waals surface area contributed by atoms with Gasteiger partial charge in [-0.3, -0.25) is 14.5 Å². The van der Waals surface area contributed by atoms with Gasteiger partial charge in [0.05, 0.1) is 30.7 Å². The van der Waals surface area contributed by atoms with Crippen LogP contribution in [0.5, 0.6) is 5.75 Å². The lowest BCUT2D eigenvalue weighted by molar-refractivity contribution is -0.119. The molecule has 0 spiro atoms. The third-order valence-corrected chi connectivity index (χ3v) is 7.89. The van der Waals surface area contributed by atoms with Crippen molar-refractivity contribution in [3.63, 3.8) is 0 Å². The molecule has 3 unspecified atom stereocenters. The zero-order chi connectivity index (χ0) is 31.3. The molecule has 1 aliphatic carbocycles. The number of cyclic esters (lactones) is 1. The number of carbonyl (C=O) groups is 3. The Morgan fingerprint density at radius 2 is 1.86 bits per heavy atom. The van der Waals surface area contributed by atoms with E-state index in [-0.39, 0.29) is 66.4 Å². The number of aromatic nitrogens is 2. The van der Waals surface area contributed by atoms with Gasteiger partial charge in [-0.1, -0.05) is 0 Å². The minimum atomic E-state index is -1.40. The molecule has 44 heavy (non-hydrogen) atoms. The topological polar surface area (TPSA) is 153 Å². The summed E-state index contributed by atoms with van der Waals surface area (Å²) in [4.78, 5) is 55.2. The van der Waals surface area contributed by atoms with Crippen molar-refractivity contribution >= 4 is 40.5 Å². The summed E-state index contributed by atoms with van der Waals surface area (Å²) in [5, 5.41) is 11.9. The molecule has 3 atom stereocenters. The fourth-order valence-electron chi connectivity index (χ4n) is 5.51. The third-order valence-electron chi connectivity index (χ3n) is 7.89. The van der Waals surface area contributed by atoms with E-state index in [9.17, 15) is 24.3 Å². The van der Waals surface area contributed by atoms with Gasteiger partial charge in [-0.25, -0.2) is 23.4 Å². The minimum Gasteiger partial charge on any atom is -0.483 e. The maximum Gasteiger partial charge on any atom is 0.414 e. The molecule has 2 aliphatic heterocycles. The molecule has 2 N–H and O–H groups in total. The van der Waals surface area contributed by atoms with Crippen molar-refractivity contribution in [2.45, 2.75) is 44.1 Å². The van der Waals surface area contributed by atoms with Gasteiger partial charge in [0.1, 0.15) is 29.5 Å². The van der Waals surface area contributed by atoms with E-state index < -0.39 is 53.0 Å². The second kappa shape index (κ2) is 11.4. The van der Waals surface area contributed by atoms with Gasteiger partial charge >= 0.3 is 12.1 Å². The zero-order valence-corrected chi connectivity index (χ0v) is 23.8. The Labute approximate surface area is 248 Å². The molecule has 1 aromatic carbocycles. The van der Waals surface area contributed by atoms with Crippen molar-refractivity contribution in [2.75, 3.05) is 43.1 Å². The van der Waals surface area contributed by atoms with Crippen LogP contribution >= 0.6 is 0 Å². The van der Waals surface area contributed by atoms with Crippen LogP contribution in [0.1, 0.15) is 36.2 Å². The number of benzene rings is 1. The molecule has 15 heteroatoms. The summed E-state index contributed by atoms with van der Waals surface area (Å²) in [6.45, 7) is 1.82. The number of fused-ring (bicyclic) bond motifs is 1. The van der Waals surface area contributed by atoms with E-state index in [2.05, 4.69) is 10.3 Å². The number of amides is 2. The van der Waals surface area contributed by atoms with Crippen molar-refractivity contribution in [3.8, 4) is 5.75 Å². The summed E-state index contributed by atoms with van der Waals surface area (Å²) < 4.78 is 49.0. The Balaban J connectivity index is 1.22. The van der Waals surface area contributed by atoms with Gasteiger partial charge < -0.3 is 34.1 Å². The van der Waals surface area contributed by atoms with Crippen molar-refractivity contribution in [2.24, 2.45) is 0 Å². The minimum absolute atomic E-state index is 0.0418. The van der Waals surface area contributed by atoms with Gasteiger partial charge in [-0.2, -0.15) is 0 Å². The van der Waals surface area contributed by atoms with Crippen LogP contribution in [0.25, 0.3) is 11.0 Å². The standard InChI is InChI=1S/C29H29F2N5O8/c1-14(37)32-9-17-10-36(29(41)43-17)16-5-6-22(20(30)7-16)44-24-13-34(12-23(24)42-2)27-21(31)8-18-25(38)19(28(39)40)11-35(15-3-4-15)26(18)33-27/h5-8,11,15,17,23-24H,3-4,9-10,12-13H2,1-2H3,(H,32,37)(H,39,40). The molecular weight excluding hydrogens is 584 g/mol. The highest BCUT2D eigenvalue weighted by Crippen LogP contribution is 2.38. The van der Waals surface area contributed by atoms with Crippen LogP contribution in [-0.2, 0) is 14.3 Å². The molecule has 0 bridgehead atoms. The second-order valence-electron chi connectivity index (χ2n) is 11.0. The van der Waals surface area contributed by atoms with Gasteiger partial charge in [0, 0.05) is 38.9 Å². The number of nitrogens with zero attached hydrogens (tertiary/aromatic N) is 4. The summed E-state index contributed by atoms with van der Waals surface area (Å²) in [6, 6.07) is 4.97. The normalized spacial score (nSPS) is 21.5. The number of hydrogen-bond donors (Lipinski definition) is 2. The largest absolute Gasteiger partial charge is 0.483 e. The summed E-state index contributed by atoms with van der Waals surface area (Å²) in [5.74, 6) is -3.41. The number of hydrogen-bond acceptors (Lipinski definition) is 9. The van der Waals surface area contributed by atoms with E-state index in [1.165, 1.54) is 37.3 Å². The van der Waals surface area contributed by atoms with Crippen molar-refractivity contribution < 1.29 is 42.5 Å². The number of carboxylic acid groups (broad SMARTS) is 1. The molecule has 1 saturated carbocycles. The van der Waals surface area contributed by atoms with Crippen LogP contribution in [0.15, 0.2) is 35.3 Å². The summed E-state index contributed by atoms with van der Waals surface area (Å²) in [7, 11) is 1.45. The van der Waals surface area contributed by atoms with Crippen LogP contribution in [0, 0.1) is 11.6 Å². The summed E-state index contributed by atoms with van der Waals surface area (Å²) in [5.41, 5.74) is -0.841. The maximum absolute atomic E-state index is 15.4. The Morgan fingerprint density at radius 1 is 1.11 bits per heavy atom. The third kappa shape index (κ3) is 5.50. The molecule has 232 valence electrons. The molecule has 0 radical (unpaired) electrons. The maximum atomic E-state index is 15.4. The number of carbonyl (C=O) groups excluding carboxylic acids is 2. The Bertz CT molecular complexity index is 1730. The number of ether oxygens (including phenoxy) is 3. The number of halogens is 2. The van der Waals surface area contributed by atoms with Crippen molar-refractivity contribution in [3.05, 3.63) is 57.9 Å². The summed E-state index contributed by atoms with van der Waals surface area (Å²) >= 11 is 0. The fraction of sp³-hybridized carbons (Fsp3) is 0.414. The Kier molecular flexibility index (Phi) is 7.57. The molecule has 3 fully saturated rings. The number of aromatic carboxylic acids is 1. The molecule has 6 rings (SSSR count). The molecule has 4 heterocycles. The lowest BCUT2D eigenvalue weighted by Gasteiger charge is -2.21. The number of rotatable bonds is 9. The number of methoxy groups -OCH3 is 1. The number of pyridine rings is 2. The van der Waals surface area contributed by atoms with Crippen LogP contribution in [0.2, 0.25) is 0 Å². The quantitative estimate of drug-likeness (QED) is 0.368. The van der Waals surface area contributed by atoms with E-state index in [4.69, 9.17) is 14.2 Å². The average molecular weight is 614 g/mol. The first-order valence-corrected chi connectivity index (χ1v) is 14.0. The van der Waals surface area contributed by atoms with Crippen molar-refractivity contribution in [1.82, 2.24) is 14.9 Å². The van der Waals surface area contributed by atoms with E-state index in [1.807, 2.05) is 0 Å².